The molecule has 0 aliphatic rings. The molecule has 0 aromatic carbocycles. The summed E-state index contributed by atoms with van der Waals surface area (Å²) < 4.78 is 0. The van der Waals surface area contributed by atoms with Gasteiger partial charge in [0.25, 0.3) is 5.91 Å². The lowest BCUT2D eigenvalue weighted by Crippen LogP contribution is -2.12. The van der Waals surface area contributed by atoms with Crippen LogP contribution in [0.1, 0.15) is 15.9 Å². The monoisotopic (exact) mass is 296 g/mol. The number of aryl methyl sites for hydroxylation is 1. The number of hydrogen-bond acceptors (Lipinski definition) is 5. The molecular weight excluding hydrogens is 284 g/mol. The molecule has 0 saturated carbocycles. The number of thiazole rings is 1. The summed E-state index contributed by atoms with van der Waals surface area (Å²) in [6.07, 6.45) is 5.15. The lowest BCUT2D eigenvalue weighted by atomic mass is 10.1. The number of carbonyl (C=O) groups is 1. The number of amides is 1. The van der Waals surface area contributed by atoms with E-state index in [9.17, 15) is 4.79 Å². The van der Waals surface area contributed by atoms with E-state index in [1.165, 1.54) is 11.3 Å². The van der Waals surface area contributed by atoms with E-state index in [2.05, 4.69) is 15.0 Å². The number of pyridine rings is 2. The molecule has 0 aliphatic heterocycles. The average Bonchev–Trinajstić information content (AvgIpc) is 2.97. The lowest BCUT2D eigenvalue weighted by Gasteiger charge is -2.02. The molecule has 0 spiro atoms. The minimum absolute atomic E-state index is 0.376. The van der Waals surface area contributed by atoms with Crippen molar-refractivity contribution in [2.24, 2.45) is 5.73 Å². The molecule has 3 rings (SSSR count). The van der Waals surface area contributed by atoms with Crippen LogP contribution in [0, 0.1) is 6.92 Å². The van der Waals surface area contributed by atoms with Crippen molar-refractivity contribution in [3.63, 3.8) is 0 Å². The van der Waals surface area contributed by atoms with Crippen LogP contribution in [-0.2, 0) is 0 Å². The van der Waals surface area contributed by atoms with Crippen LogP contribution in [0.4, 0.5) is 0 Å². The van der Waals surface area contributed by atoms with Crippen LogP contribution in [0.15, 0.2) is 42.2 Å². The number of nitrogens with zero attached hydrogens (tertiary/aromatic N) is 3. The molecule has 3 aromatic rings. The molecule has 1 amide bonds. The highest BCUT2D eigenvalue weighted by molar-refractivity contribution is 7.13. The van der Waals surface area contributed by atoms with Crippen molar-refractivity contribution in [2.75, 3.05) is 0 Å². The van der Waals surface area contributed by atoms with Crippen LogP contribution in [0.25, 0.3) is 22.0 Å². The van der Waals surface area contributed by atoms with Gasteiger partial charge in [-0.1, -0.05) is 0 Å². The van der Waals surface area contributed by atoms with Crippen molar-refractivity contribution >= 4 is 17.2 Å². The maximum atomic E-state index is 11.5. The first-order valence-electron chi connectivity index (χ1n) is 6.28. The first-order chi connectivity index (χ1) is 10.2. The zero-order valence-corrected chi connectivity index (χ0v) is 12.1. The molecular formula is C15H12N4OS. The van der Waals surface area contributed by atoms with Gasteiger partial charge < -0.3 is 5.73 Å². The van der Waals surface area contributed by atoms with Gasteiger partial charge in [0.1, 0.15) is 10.7 Å². The van der Waals surface area contributed by atoms with Crippen LogP contribution < -0.4 is 5.73 Å². The number of aromatic nitrogens is 3. The van der Waals surface area contributed by atoms with Gasteiger partial charge in [0.15, 0.2) is 0 Å². The summed E-state index contributed by atoms with van der Waals surface area (Å²) in [6.45, 7) is 2.01. The Balaban J connectivity index is 2.08. The van der Waals surface area contributed by atoms with E-state index in [-0.39, 0.29) is 0 Å². The van der Waals surface area contributed by atoms with Gasteiger partial charge in [0, 0.05) is 29.5 Å². The second kappa shape index (κ2) is 5.41. The highest BCUT2D eigenvalue weighted by Gasteiger charge is 2.15. The Hall–Kier alpha value is -2.60. The molecule has 0 unspecified atom stereocenters. The zero-order chi connectivity index (χ0) is 14.8. The van der Waals surface area contributed by atoms with Gasteiger partial charge in [0.2, 0.25) is 0 Å². The van der Waals surface area contributed by atoms with E-state index >= 15 is 0 Å². The van der Waals surface area contributed by atoms with Crippen molar-refractivity contribution < 1.29 is 4.79 Å². The van der Waals surface area contributed by atoms with E-state index < -0.39 is 5.91 Å². The summed E-state index contributed by atoms with van der Waals surface area (Å²) in [5, 5.41) is 2.60. The standard InChI is InChI=1S/C15H12N4OS/c1-9-4-6-17-7-11(9)12-8-21-15(19-12)13-10(14(16)20)3-2-5-18-13/h2-8H,1H3,(H2,16,20). The zero-order valence-electron chi connectivity index (χ0n) is 11.3. The molecule has 0 atom stereocenters. The van der Waals surface area contributed by atoms with Crippen molar-refractivity contribution in [2.45, 2.75) is 6.92 Å². The second-order valence-electron chi connectivity index (χ2n) is 4.49. The average molecular weight is 296 g/mol. The van der Waals surface area contributed by atoms with Crippen LogP contribution in [0.2, 0.25) is 0 Å². The van der Waals surface area contributed by atoms with E-state index in [1.54, 1.807) is 30.7 Å². The predicted octanol–water partition coefficient (Wildman–Crippen LogP) is 2.67. The van der Waals surface area contributed by atoms with Gasteiger partial charge in [-0.25, -0.2) is 4.98 Å². The molecule has 3 heterocycles. The normalized spacial score (nSPS) is 10.5. The highest BCUT2D eigenvalue weighted by Crippen LogP contribution is 2.30. The molecule has 104 valence electrons. The van der Waals surface area contributed by atoms with Crippen molar-refractivity contribution in [1.82, 2.24) is 15.0 Å². The first kappa shape index (κ1) is 13.4. The van der Waals surface area contributed by atoms with Crippen LogP contribution in [0.5, 0.6) is 0 Å². The molecule has 5 nitrogen and oxygen atoms in total. The minimum Gasteiger partial charge on any atom is -0.366 e. The van der Waals surface area contributed by atoms with E-state index in [4.69, 9.17) is 5.73 Å². The molecule has 0 aliphatic carbocycles. The summed E-state index contributed by atoms with van der Waals surface area (Å²) in [6, 6.07) is 5.27. The fourth-order valence-corrected chi connectivity index (χ4v) is 2.84. The Labute approximate surface area is 125 Å². The number of hydrogen-bond donors (Lipinski definition) is 1. The van der Waals surface area contributed by atoms with E-state index in [1.807, 2.05) is 18.4 Å². The number of carbonyl (C=O) groups excluding carboxylic acids is 1. The molecule has 0 fully saturated rings. The van der Waals surface area contributed by atoms with Gasteiger partial charge in [-0.15, -0.1) is 11.3 Å². The summed E-state index contributed by atoms with van der Waals surface area (Å²) in [5.74, 6) is -0.507. The molecule has 0 saturated heterocycles. The minimum atomic E-state index is -0.507. The van der Waals surface area contributed by atoms with Crippen LogP contribution >= 0.6 is 11.3 Å². The SMILES string of the molecule is Cc1ccncc1-c1csc(-c2ncccc2C(N)=O)n1. The fraction of sp³-hybridized carbons (Fsp3) is 0.0667. The van der Waals surface area contributed by atoms with E-state index in [0.717, 1.165) is 16.8 Å². The number of primary amides is 1. The number of rotatable bonds is 3. The van der Waals surface area contributed by atoms with Crippen LogP contribution in [-0.4, -0.2) is 20.9 Å². The van der Waals surface area contributed by atoms with Crippen molar-refractivity contribution in [1.29, 1.82) is 0 Å². The molecule has 0 bridgehead atoms. The molecule has 2 N–H and O–H groups in total. The maximum absolute atomic E-state index is 11.5. The van der Waals surface area contributed by atoms with E-state index in [0.29, 0.717) is 16.3 Å². The fourth-order valence-electron chi connectivity index (χ4n) is 2.01. The molecule has 6 heteroatoms. The van der Waals surface area contributed by atoms with Crippen molar-refractivity contribution in [3.8, 4) is 22.0 Å². The quantitative estimate of drug-likeness (QED) is 0.805. The molecule has 0 radical (unpaired) electrons. The molecule has 21 heavy (non-hydrogen) atoms. The summed E-state index contributed by atoms with van der Waals surface area (Å²) in [7, 11) is 0. The lowest BCUT2D eigenvalue weighted by molar-refractivity contribution is 0.100. The van der Waals surface area contributed by atoms with Gasteiger partial charge in [0.05, 0.1) is 11.3 Å². The topological polar surface area (TPSA) is 81.8 Å². The third-order valence-corrected chi connectivity index (χ3v) is 3.94. The predicted molar refractivity (Wildman–Crippen MR) is 81.8 cm³/mol. The van der Waals surface area contributed by atoms with Crippen molar-refractivity contribution in [3.05, 3.63) is 53.3 Å². The third kappa shape index (κ3) is 2.53. The maximum Gasteiger partial charge on any atom is 0.251 e. The summed E-state index contributed by atoms with van der Waals surface area (Å²) in [4.78, 5) is 24.4. The first-order valence-corrected chi connectivity index (χ1v) is 7.16. The van der Waals surface area contributed by atoms with Crippen LogP contribution in [0.3, 0.4) is 0 Å². The summed E-state index contributed by atoms with van der Waals surface area (Å²) >= 11 is 1.43. The second-order valence-corrected chi connectivity index (χ2v) is 5.35. The van der Waals surface area contributed by atoms with Gasteiger partial charge in [-0.2, -0.15) is 0 Å². The Morgan fingerprint density at radius 3 is 2.90 bits per heavy atom. The molecule has 3 aromatic heterocycles. The Morgan fingerprint density at radius 2 is 2.14 bits per heavy atom. The number of nitrogens with two attached hydrogens (primary N) is 1. The Kier molecular flexibility index (Phi) is 3.45. The van der Waals surface area contributed by atoms with Gasteiger partial charge >= 0.3 is 0 Å². The smallest absolute Gasteiger partial charge is 0.251 e. The Morgan fingerprint density at radius 1 is 1.29 bits per heavy atom. The largest absolute Gasteiger partial charge is 0.366 e. The third-order valence-electron chi connectivity index (χ3n) is 3.09. The van der Waals surface area contributed by atoms with Gasteiger partial charge in [-0.3, -0.25) is 14.8 Å². The van der Waals surface area contributed by atoms with Gasteiger partial charge in [-0.05, 0) is 30.7 Å². The summed E-state index contributed by atoms with van der Waals surface area (Å²) in [5.41, 5.74) is 9.16. The highest BCUT2D eigenvalue weighted by atomic mass is 32.1. The Bertz CT molecular complexity index is 813.